The Labute approximate surface area is 456 Å². The van der Waals surface area contributed by atoms with E-state index in [1.54, 1.807) is 6.08 Å². The SMILES string of the molecule is CC/C=C\C/C=C\C/C=C\C/C=C\C/C=C\C/C=C\C/C=C\C/C=C\CCCCCCCCC(=O)NC(COC1OC(CO)C(OC2OC(CO)C(O)C(O)C2O)C(O)C1O)C(O)/C=C/CC/C=C/CC/C=C/CCC. The Morgan fingerprint density at radius 2 is 0.921 bits per heavy atom. The predicted molar refractivity (Wildman–Crippen MR) is 304 cm³/mol. The zero-order valence-corrected chi connectivity index (χ0v) is 45.9. The number of ether oxygens (including phenoxy) is 4. The Morgan fingerprint density at radius 1 is 0.487 bits per heavy atom. The lowest BCUT2D eigenvalue weighted by molar-refractivity contribution is -0.359. The number of carbonyl (C=O) groups is 1. The van der Waals surface area contributed by atoms with Crippen molar-refractivity contribution in [3.05, 3.63) is 134 Å². The molecule has 2 heterocycles. The van der Waals surface area contributed by atoms with Gasteiger partial charge in [0.1, 0.15) is 48.8 Å². The van der Waals surface area contributed by atoms with Crippen LogP contribution in [-0.2, 0) is 23.7 Å². The van der Waals surface area contributed by atoms with E-state index in [9.17, 15) is 45.6 Å². The monoisotopic (exact) mass is 1070 g/mol. The molecule has 76 heavy (non-hydrogen) atoms. The van der Waals surface area contributed by atoms with E-state index in [0.29, 0.717) is 12.8 Å². The van der Waals surface area contributed by atoms with Crippen LogP contribution in [0.25, 0.3) is 0 Å². The first-order valence-corrected chi connectivity index (χ1v) is 28.4. The number of hydrogen-bond acceptors (Lipinski definition) is 13. The molecule has 2 saturated heterocycles. The topological polar surface area (TPSA) is 228 Å². The number of aliphatic hydroxyl groups is 8. The van der Waals surface area contributed by atoms with Crippen LogP contribution in [0.15, 0.2) is 134 Å². The number of allylic oxidation sites excluding steroid dienone is 21. The van der Waals surface area contributed by atoms with Crippen molar-refractivity contribution in [3.63, 3.8) is 0 Å². The molecule has 1 amide bonds. The van der Waals surface area contributed by atoms with Crippen LogP contribution in [0.5, 0.6) is 0 Å². The molecule has 0 saturated carbocycles. The maximum Gasteiger partial charge on any atom is 0.220 e. The van der Waals surface area contributed by atoms with Crippen LogP contribution >= 0.6 is 0 Å². The van der Waals surface area contributed by atoms with Crippen LogP contribution in [0.4, 0.5) is 0 Å². The van der Waals surface area contributed by atoms with E-state index >= 15 is 0 Å². The maximum atomic E-state index is 13.2. The van der Waals surface area contributed by atoms with E-state index in [1.807, 2.05) is 6.08 Å². The summed E-state index contributed by atoms with van der Waals surface area (Å²) in [6, 6.07) is -0.955. The van der Waals surface area contributed by atoms with Gasteiger partial charge in [0, 0.05) is 6.42 Å². The molecule has 9 N–H and O–H groups in total. The predicted octanol–water partition coefficient (Wildman–Crippen LogP) is 9.21. The van der Waals surface area contributed by atoms with E-state index in [2.05, 4.69) is 141 Å². The standard InChI is InChI=1S/C62H99NO13/c1-3-5-7-9-11-13-15-16-17-18-19-20-21-22-23-24-25-26-27-28-29-30-31-32-33-34-36-38-40-42-44-46-54(67)63-50(51(66)45-43-41-39-37-35-14-12-10-8-6-4-2)49-73-61-59(72)57(70)60(53(48-65)75-61)76-62-58(71)56(69)55(68)52(47-64)74-62/h5,7-8,10-11,13,16-17,19-20,22-23,25-26,28-29,31-32,35,37,43,45,50-53,55-62,64-66,68-72H,3-4,6,9,12,14-15,18,21,24,27,30,33-34,36,38-42,44,46-49H2,1-2H3,(H,63,67)/b7-5-,10-8+,13-11-,17-16-,20-19-,23-22-,26-25-,29-28-,32-31-,37-35+,45-43+. The first-order valence-electron chi connectivity index (χ1n) is 28.4. The molecule has 0 aromatic rings. The molecule has 0 radical (unpaired) electrons. The summed E-state index contributed by atoms with van der Waals surface area (Å²) in [5.41, 5.74) is 0. The summed E-state index contributed by atoms with van der Waals surface area (Å²) in [5, 5.41) is 86.8. The number of unbranched alkanes of at least 4 members (excludes halogenated alkanes) is 9. The molecule has 14 heteroatoms. The Kier molecular flexibility index (Phi) is 41.4. The second kappa shape index (κ2) is 46.1. The van der Waals surface area contributed by atoms with Gasteiger partial charge < -0.3 is 65.1 Å². The minimum Gasteiger partial charge on any atom is -0.394 e. The van der Waals surface area contributed by atoms with Crippen molar-refractivity contribution in [1.82, 2.24) is 5.32 Å². The number of aliphatic hydroxyl groups excluding tert-OH is 8. The highest BCUT2D eigenvalue weighted by molar-refractivity contribution is 5.76. The molecule has 0 bridgehead atoms. The van der Waals surface area contributed by atoms with Gasteiger partial charge in [0.05, 0.1) is 32.0 Å². The summed E-state index contributed by atoms with van der Waals surface area (Å²) >= 11 is 0. The van der Waals surface area contributed by atoms with Gasteiger partial charge in [-0.3, -0.25) is 4.79 Å². The van der Waals surface area contributed by atoms with Crippen LogP contribution in [0.2, 0.25) is 0 Å². The molecule has 14 nitrogen and oxygen atoms in total. The van der Waals surface area contributed by atoms with Crippen LogP contribution in [0, 0.1) is 0 Å². The molecule has 0 aliphatic carbocycles. The van der Waals surface area contributed by atoms with Crippen LogP contribution in [0.3, 0.4) is 0 Å². The summed E-state index contributed by atoms with van der Waals surface area (Å²) < 4.78 is 22.7. The Bertz CT molecular complexity index is 1780. The largest absolute Gasteiger partial charge is 0.394 e. The molecule has 0 aromatic heterocycles. The van der Waals surface area contributed by atoms with Crippen molar-refractivity contribution in [2.45, 2.75) is 229 Å². The van der Waals surface area contributed by atoms with E-state index in [4.69, 9.17) is 18.9 Å². The average Bonchev–Trinajstić information content (AvgIpc) is 3.42. The summed E-state index contributed by atoms with van der Waals surface area (Å²) in [5.74, 6) is -0.278. The molecule has 12 unspecified atom stereocenters. The van der Waals surface area contributed by atoms with Crippen LogP contribution < -0.4 is 5.32 Å². The first-order chi connectivity index (χ1) is 37.1. The van der Waals surface area contributed by atoms with Crippen molar-refractivity contribution in [1.29, 1.82) is 0 Å². The first kappa shape index (κ1) is 68.2. The highest BCUT2D eigenvalue weighted by Gasteiger charge is 2.51. The Morgan fingerprint density at radius 3 is 1.43 bits per heavy atom. The Balaban J connectivity index is 1.72. The summed E-state index contributed by atoms with van der Waals surface area (Å²) in [6.45, 7) is 2.52. The number of nitrogens with one attached hydrogen (secondary N) is 1. The van der Waals surface area contributed by atoms with E-state index < -0.39 is 86.8 Å². The van der Waals surface area contributed by atoms with Crippen LogP contribution in [-0.4, -0.2) is 140 Å². The molecule has 12 atom stereocenters. The second-order valence-electron chi connectivity index (χ2n) is 19.3. The fourth-order valence-corrected chi connectivity index (χ4v) is 8.23. The van der Waals surface area contributed by atoms with Crippen molar-refractivity contribution in [2.24, 2.45) is 0 Å². The van der Waals surface area contributed by atoms with Crippen molar-refractivity contribution >= 4 is 5.91 Å². The quantitative estimate of drug-likeness (QED) is 0.0206. The van der Waals surface area contributed by atoms with Gasteiger partial charge in [0.25, 0.3) is 0 Å². The van der Waals surface area contributed by atoms with Gasteiger partial charge in [-0.05, 0) is 103 Å². The van der Waals surface area contributed by atoms with Gasteiger partial charge in [-0.2, -0.15) is 0 Å². The van der Waals surface area contributed by atoms with Gasteiger partial charge in [0.15, 0.2) is 12.6 Å². The zero-order chi connectivity index (χ0) is 55.3. The molecule has 2 aliphatic heterocycles. The van der Waals surface area contributed by atoms with Crippen molar-refractivity contribution in [2.75, 3.05) is 19.8 Å². The smallest absolute Gasteiger partial charge is 0.220 e. The average molecular weight is 1070 g/mol. The fraction of sp³-hybridized carbons (Fsp3) is 0.629. The molecule has 0 aromatic carbocycles. The van der Waals surface area contributed by atoms with Crippen molar-refractivity contribution < 1.29 is 64.6 Å². The molecular formula is C62H99NO13. The van der Waals surface area contributed by atoms with Crippen LogP contribution in [0.1, 0.15) is 155 Å². The molecule has 2 aliphatic rings. The lowest BCUT2D eigenvalue weighted by atomic mass is 9.97. The number of hydrogen-bond donors (Lipinski definition) is 9. The van der Waals surface area contributed by atoms with Gasteiger partial charge in [-0.15, -0.1) is 0 Å². The third-order valence-corrected chi connectivity index (χ3v) is 12.8. The lowest BCUT2D eigenvalue weighted by Gasteiger charge is -2.46. The molecule has 2 rings (SSSR count). The van der Waals surface area contributed by atoms with Gasteiger partial charge in [0.2, 0.25) is 5.91 Å². The third-order valence-electron chi connectivity index (χ3n) is 12.8. The van der Waals surface area contributed by atoms with E-state index in [0.717, 1.165) is 122 Å². The molecular weight excluding hydrogens is 967 g/mol. The summed E-state index contributed by atoms with van der Waals surface area (Å²) in [6.07, 6.45) is 50.8. The summed E-state index contributed by atoms with van der Waals surface area (Å²) in [7, 11) is 0. The number of amides is 1. The maximum absolute atomic E-state index is 13.2. The lowest BCUT2D eigenvalue weighted by Crippen LogP contribution is -2.65. The number of rotatable bonds is 42. The number of carbonyl (C=O) groups excluding carboxylic acids is 1. The van der Waals surface area contributed by atoms with Gasteiger partial charge >= 0.3 is 0 Å². The summed E-state index contributed by atoms with van der Waals surface area (Å²) in [4.78, 5) is 13.2. The normalized spacial score (nSPS) is 25.9. The van der Waals surface area contributed by atoms with Gasteiger partial charge in [-0.1, -0.05) is 180 Å². The molecule has 0 spiro atoms. The second-order valence-corrected chi connectivity index (χ2v) is 19.3. The minimum atomic E-state index is -1.80. The van der Waals surface area contributed by atoms with Gasteiger partial charge in [-0.25, -0.2) is 0 Å². The van der Waals surface area contributed by atoms with E-state index in [-0.39, 0.29) is 18.9 Å². The highest BCUT2D eigenvalue weighted by Crippen LogP contribution is 2.30. The minimum absolute atomic E-state index is 0.243. The zero-order valence-electron chi connectivity index (χ0n) is 45.9. The third kappa shape index (κ3) is 31.5. The fourth-order valence-electron chi connectivity index (χ4n) is 8.23. The molecule has 2 fully saturated rings. The van der Waals surface area contributed by atoms with E-state index in [1.165, 1.54) is 0 Å². The highest BCUT2D eigenvalue weighted by atomic mass is 16.7. The Hall–Kier alpha value is -3.87. The van der Waals surface area contributed by atoms with Crippen molar-refractivity contribution in [3.8, 4) is 0 Å². The molecule has 430 valence electrons.